The fourth-order valence-electron chi connectivity index (χ4n) is 1.75. The fourth-order valence-corrected chi connectivity index (χ4v) is 1.75. The molecule has 80 valence electrons. The molecule has 0 aromatic rings. The molecule has 1 fully saturated rings. The molecule has 1 N–H and O–H groups in total. The maximum Gasteiger partial charge on any atom is 0.239 e. The van der Waals surface area contributed by atoms with Crippen LogP contribution in [-0.4, -0.2) is 36.0 Å². The van der Waals surface area contributed by atoms with Gasteiger partial charge in [-0.05, 0) is 26.7 Å². The van der Waals surface area contributed by atoms with Gasteiger partial charge < -0.3 is 10.2 Å². The van der Waals surface area contributed by atoms with Crippen molar-refractivity contribution in [1.82, 2.24) is 10.2 Å². The maximum atomic E-state index is 11.8. The maximum absolute atomic E-state index is 11.8. The topological polar surface area (TPSA) is 32.3 Å². The second-order valence-electron chi connectivity index (χ2n) is 3.95. The van der Waals surface area contributed by atoms with Crippen LogP contribution in [0.3, 0.4) is 0 Å². The number of likely N-dealkylation sites (tertiary alicyclic amines) is 1. The molecular weight excluding hydrogens is 176 g/mol. The second kappa shape index (κ2) is 5.15. The van der Waals surface area contributed by atoms with Crippen LogP contribution in [0.15, 0.2) is 12.7 Å². The van der Waals surface area contributed by atoms with Gasteiger partial charge >= 0.3 is 0 Å². The third-order valence-corrected chi connectivity index (χ3v) is 2.65. The SMILES string of the molecule is C=CC(C)NC(C)C(=O)N1CCCC1. The predicted molar refractivity (Wildman–Crippen MR) is 58.1 cm³/mol. The Morgan fingerprint density at radius 3 is 2.50 bits per heavy atom. The molecule has 2 unspecified atom stereocenters. The van der Waals surface area contributed by atoms with Crippen LogP contribution in [0.4, 0.5) is 0 Å². The third kappa shape index (κ3) is 2.84. The molecule has 14 heavy (non-hydrogen) atoms. The molecule has 0 aliphatic carbocycles. The van der Waals surface area contributed by atoms with Gasteiger partial charge in [0, 0.05) is 19.1 Å². The smallest absolute Gasteiger partial charge is 0.239 e. The van der Waals surface area contributed by atoms with Gasteiger partial charge in [-0.25, -0.2) is 0 Å². The van der Waals surface area contributed by atoms with Crippen molar-refractivity contribution >= 4 is 5.91 Å². The Bertz CT molecular complexity index is 209. The Balaban J connectivity index is 2.38. The van der Waals surface area contributed by atoms with E-state index >= 15 is 0 Å². The van der Waals surface area contributed by atoms with E-state index in [4.69, 9.17) is 0 Å². The first-order valence-corrected chi connectivity index (χ1v) is 5.32. The highest BCUT2D eigenvalue weighted by molar-refractivity contribution is 5.81. The molecular formula is C11H20N2O. The van der Waals surface area contributed by atoms with Crippen molar-refractivity contribution in [3.63, 3.8) is 0 Å². The summed E-state index contributed by atoms with van der Waals surface area (Å²) in [5.74, 6) is 0.219. The van der Waals surface area contributed by atoms with E-state index in [9.17, 15) is 4.79 Å². The lowest BCUT2D eigenvalue weighted by atomic mass is 10.2. The Morgan fingerprint density at radius 2 is 2.00 bits per heavy atom. The van der Waals surface area contributed by atoms with Crippen LogP contribution in [0.1, 0.15) is 26.7 Å². The van der Waals surface area contributed by atoms with Gasteiger partial charge in [0.1, 0.15) is 0 Å². The minimum Gasteiger partial charge on any atom is -0.341 e. The predicted octanol–water partition coefficient (Wildman–Crippen LogP) is 1.16. The summed E-state index contributed by atoms with van der Waals surface area (Å²) in [6.45, 7) is 9.45. The lowest BCUT2D eigenvalue weighted by Crippen LogP contribution is -2.46. The second-order valence-corrected chi connectivity index (χ2v) is 3.95. The minimum atomic E-state index is -0.0962. The summed E-state index contributed by atoms with van der Waals surface area (Å²) in [7, 11) is 0. The van der Waals surface area contributed by atoms with E-state index in [0.717, 1.165) is 25.9 Å². The van der Waals surface area contributed by atoms with Crippen LogP contribution in [0.2, 0.25) is 0 Å². The van der Waals surface area contributed by atoms with Crippen molar-refractivity contribution in [2.45, 2.75) is 38.8 Å². The summed E-state index contributed by atoms with van der Waals surface area (Å²) in [5.41, 5.74) is 0. The number of hydrogen-bond donors (Lipinski definition) is 1. The summed E-state index contributed by atoms with van der Waals surface area (Å²) >= 11 is 0. The summed E-state index contributed by atoms with van der Waals surface area (Å²) in [4.78, 5) is 13.8. The van der Waals surface area contributed by atoms with E-state index in [1.54, 1.807) is 0 Å². The van der Waals surface area contributed by atoms with Gasteiger partial charge in [0.15, 0.2) is 0 Å². The van der Waals surface area contributed by atoms with Crippen LogP contribution in [-0.2, 0) is 4.79 Å². The molecule has 1 heterocycles. The molecule has 0 aromatic heterocycles. The summed E-state index contributed by atoms with van der Waals surface area (Å²) in [6.07, 6.45) is 4.11. The number of carbonyl (C=O) groups is 1. The van der Waals surface area contributed by atoms with E-state index in [1.807, 2.05) is 24.8 Å². The zero-order valence-electron chi connectivity index (χ0n) is 9.12. The minimum absolute atomic E-state index is 0.0962. The van der Waals surface area contributed by atoms with Crippen molar-refractivity contribution < 1.29 is 4.79 Å². The van der Waals surface area contributed by atoms with E-state index < -0.39 is 0 Å². The number of nitrogens with one attached hydrogen (secondary N) is 1. The highest BCUT2D eigenvalue weighted by Crippen LogP contribution is 2.09. The lowest BCUT2D eigenvalue weighted by Gasteiger charge is -2.22. The first-order chi connectivity index (χ1) is 6.65. The summed E-state index contributed by atoms with van der Waals surface area (Å²) < 4.78 is 0. The zero-order valence-corrected chi connectivity index (χ0v) is 9.12. The van der Waals surface area contributed by atoms with Crippen molar-refractivity contribution in [2.75, 3.05) is 13.1 Å². The summed E-state index contributed by atoms with van der Waals surface area (Å²) in [6, 6.07) is 0.0950. The largest absolute Gasteiger partial charge is 0.341 e. The van der Waals surface area contributed by atoms with Crippen LogP contribution in [0, 0.1) is 0 Å². The molecule has 0 saturated carbocycles. The zero-order chi connectivity index (χ0) is 10.6. The van der Waals surface area contributed by atoms with Crippen molar-refractivity contribution in [2.24, 2.45) is 0 Å². The molecule has 0 radical (unpaired) electrons. The molecule has 1 saturated heterocycles. The fraction of sp³-hybridized carbons (Fsp3) is 0.727. The van der Waals surface area contributed by atoms with Crippen LogP contribution < -0.4 is 5.32 Å². The number of nitrogens with zero attached hydrogens (tertiary/aromatic N) is 1. The lowest BCUT2D eigenvalue weighted by molar-refractivity contribution is -0.132. The van der Waals surface area contributed by atoms with E-state index in [2.05, 4.69) is 11.9 Å². The molecule has 1 aliphatic heterocycles. The molecule has 0 bridgehead atoms. The van der Waals surface area contributed by atoms with Crippen LogP contribution >= 0.6 is 0 Å². The molecule has 3 heteroatoms. The van der Waals surface area contributed by atoms with Crippen LogP contribution in [0.5, 0.6) is 0 Å². The van der Waals surface area contributed by atoms with Crippen molar-refractivity contribution in [1.29, 1.82) is 0 Å². The van der Waals surface area contributed by atoms with E-state index in [-0.39, 0.29) is 18.0 Å². The van der Waals surface area contributed by atoms with Crippen LogP contribution in [0.25, 0.3) is 0 Å². The molecule has 2 atom stereocenters. The van der Waals surface area contributed by atoms with Gasteiger partial charge in [-0.3, -0.25) is 4.79 Å². The highest BCUT2D eigenvalue weighted by Gasteiger charge is 2.23. The van der Waals surface area contributed by atoms with Gasteiger partial charge in [0.05, 0.1) is 6.04 Å². The molecule has 0 spiro atoms. The molecule has 3 nitrogen and oxygen atoms in total. The monoisotopic (exact) mass is 196 g/mol. The normalized spacial score (nSPS) is 20.6. The molecule has 0 aromatic carbocycles. The molecule has 1 aliphatic rings. The van der Waals surface area contributed by atoms with Gasteiger partial charge in [0.2, 0.25) is 5.91 Å². The number of hydrogen-bond acceptors (Lipinski definition) is 2. The van der Waals surface area contributed by atoms with Gasteiger partial charge in [-0.1, -0.05) is 6.08 Å². The first-order valence-electron chi connectivity index (χ1n) is 5.32. The van der Waals surface area contributed by atoms with Gasteiger partial charge in [0.25, 0.3) is 0 Å². The average Bonchev–Trinajstić information content (AvgIpc) is 2.69. The Kier molecular flexibility index (Phi) is 4.14. The number of amides is 1. The highest BCUT2D eigenvalue weighted by atomic mass is 16.2. The number of rotatable bonds is 4. The van der Waals surface area contributed by atoms with Crippen molar-refractivity contribution in [3.8, 4) is 0 Å². The van der Waals surface area contributed by atoms with E-state index in [0.29, 0.717) is 0 Å². The molecule has 1 amide bonds. The summed E-state index contributed by atoms with van der Waals surface area (Å²) in [5, 5.41) is 3.20. The Labute approximate surface area is 86.2 Å². The Morgan fingerprint density at radius 1 is 1.43 bits per heavy atom. The quantitative estimate of drug-likeness (QED) is 0.684. The Hall–Kier alpha value is -0.830. The van der Waals surface area contributed by atoms with Gasteiger partial charge in [-0.2, -0.15) is 0 Å². The van der Waals surface area contributed by atoms with E-state index in [1.165, 1.54) is 0 Å². The average molecular weight is 196 g/mol. The van der Waals surface area contributed by atoms with Crippen molar-refractivity contribution in [3.05, 3.63) is 12.7 Å². The first kappa shape index (κ1) is 11.2. The standard InChI is InChI=1S/C11H20N2O/c1-4-9(2)12-10(3)11(14)13-7-5-6-8-13/h4,9-10,12H,1,5-8H2,2-3H3. The number of carbonyl (C=O) groups excluding carboxylic acids is 1. The van der Waals surface area contributed by atoms with Gasteiger partial charge in [-0.15, -0.1) is 6.58 Å². The third-order valence-electron chi connectivity index (χ3n) is 2.65. The molecule has 1 rings (SSSR count).